The van der Waals surface area contributed by atoms with Gasteiger partial charge in [0.05, 0.1) is 38.2 Å². The highest BCUT2D eigenvalue weighted by molar-refractivity contribution is 4.99. The van der Waals surface area contributed by atoms with Crippen molar-refractivity contribution >= 4 is 0 Å². The summed E-state index contributed by atoms with van der Waals surface area (Å²) in [6.07, 6.45) is 8.33. The summed E-state index contributed by atoms with van der Waals surface area (Å²) < 4.78 is 13.2. The van der Waals surface area contributed by atoms with Gasteiger partial charge in [0.1, 0.15) is 0 Å². The lowest BCUT2D eigenvalue weighted by atomic mass is 10.2. The molecule has 130 valence electrons. The highest BCUT2D eigenvalue weighted by Crippen LogP contribution is 2.19. The molecule has 1 aromatic rings. The quantitative estimate of drug-likeness (QED) is 0.779. The van der Waals surface area contributed by atoms with E-state index < -0.39 is 6.10 Å². The molecule has 6 nitrogen and oxygen atoms in total. The third kappa shape index (κ3) is 5.01. The second-order valence-electron chi connectivity index (χ2n) is 6.86. The van der Waals surface area contributed by atoms with Gasteiger partial charge in [-0.05, 0) is 44.7 Å². The molecule has 2 aliphatic rings. The van der Waals surface area contributed by atoms with Gasteiger partial charge in [-0.3, -0.25) is 9.58 Å². The first-order valence-electron chi connectivity index (χ1n) is 8.81. The van der Waals surface area contributed by atoms with Crippen LogP contribution < -0.4 is 0 Å². The van der Waals surface area contributed by atoms with Crippen LogP contribution in [0.1, 0.15) is 31.2 Å². The van der Waals surface area contributed by atoms with Gasteiger partial charge in [-0.2, -0.15) is 5.10 Å². The van der Waals surface area contributed by atoms with Crippen LogP contribution in [-0.2, 0) is 16.0 Å². The van der Waals surface area contributed by atoms with Crippen LogP contribution in [0.15, 0.2) is 12.4 Å². The summed E-state index contributed by atoms with van der Waals surface area (Å²) in [6.45, 7) is 6.53. The van der Waals surface area contributed by atoms with Gasteiger partial charge in [0.25, 0.3) is 0 Å². The molecule has 6 heteroatoms. The van der Waals surface area contributed by atoms with Crippen LogP contribution in [0.3, 0.4) is 0 Å². The summed E-state index contributed by atoms with van der Waals surface area (Å²) in [7, 11) is 0. The SMILES string of the molecule is Cc1cnn(CC2CCCN2CC(O)COCC2CCCO2)c1. The van der Waals surface area contributed by atoms with E-state index in [1.165, 1.54) is 18.4 Å². The topological polar surface area (TPSA) is 59.8 Å². The van der Waals surface area contributed by atoms with Crippen LogP contribution in [0.5, 0.6) is 0 Å². The monoisotopic (exact) mass is 323 g/mol. The van der Waals surface area contributed by atoms with Crippen molar-refractivity contribution in [3.8, 4) is 0 Å². The fourth-order valence-corrected chi connectivity index (χ4v) is 3.56. The van der Waals surface area contributed by atoms with Crippen molar-refractivity contribution in [1.82, 2.24) is 14.7 Å². The minimum atomic E-state index is -0.434. The van der Waals surface area contributed by atoms with Gasteiger partial charge < -0.3 is 14.6 Å². The Morgan fingerprint density at radius 3 is 3.09 bits per heavy atom. The molecule has 0 bridgehead atoms. The molecule has 3 atom stereocenters. The Labute approximate surface area is 138 Å². The van der Waals surface area contributed by atoms with Crippen molar-refractivity contribution in [3.63, 3.8) is 0 Å². The highest BCUT2D eigenvalue weighted by Gasteiger charge is 2.27. The third-order valence-electron chi connectivity index (χ3n) is 4.74. The predicted octanol–water partition coefficient (Wildman–Crippen LogP) is 1.21. The molecular weight excluding hydrogens is 294 g/mol. The molecule has 0 amide bonds. The molecule has 0 saturated carbocycles. The Morgan fingerprint density at radius 1 is 1.43 bits per heavy atom. The van der Waals surface area contributed by atoms with Crippen molar-refractivity contribution in [2.24, 2.45) is 0 Å². The van der Waals surface area contributed by atoms with E-state index in [1.807, 2.05) is 10.9 Å². The zero-order valence-corrected chi connectivity index (χ0v) is 14.1. The number of aromatic nitrogens is 2. The fourth-order valence-electron chi connectivity index (χ4n) is 3.56. The number of aryl methyl sites for hydroxylation is 1. The maximum absolute atomic E-state index is 10.2. The number of β-amino-alcohol motifs (C(OH)–C–C–N with tert-alkyl or cyclic N) is 1. The summed E-state index contributed by atoms with van der Waals surface area (Å²) >= 11 is 0. The van der Waals surface area contributed by atoms with E-state index in [-0.39, 0.29) is 6.10 Å². The lowest BCUT2D eigenvalue weighted by Crippen LogP contribution is -2.40. The summed E-state index contributed by atoms with van der Waals surface area (Å²) in [5.41, 5.74) is 1.19. The lowest BCUT2D eigenvalue weighted by Gasteiger charge is -2.27. The maximum Gasteiger partial charge on any atom is 0.0900 e. The van der Waals surface area contributed by atoms with Crippen LogP contribution in [0.2, 0.25) is 0 Å². The highest BCUT2D eigenvalue weighted by atomic mass is 16.5. The van der Waals surface area contributed by atoms with E-state index in [0.29, 0.717) is 25.8 Å². The molecule has 2 saturated heterocycles. The summed E-state index contributed by atoms with van der Waals surface area (Å²) in [6, 6.07) is 0.460. The first-order valence-corrected chi connectivity index (χ1v) is 8.81. The van der Waals surface area contributed by atoms with Crippen LogP contribution in [0, 0.1) is 6.92 Å². The molecule has 2 fully saturated rings. The number of rotatable bonds is 8. The number of aliphatic hydroxyl groups excluding tert-OH is 1. The van der Waals surface area contributed by atoms with Crippen LogP contribution >= 0.6 is 0 Å². The van der Waals surface area contributed by atoms with Gasteiger partial charge in [-0.1, -0.05) is 0 Å². The van der Waals surface area contributed by atoms with Gasteiger partial charge in [0.2, 0.25) is 0 Å². The zero-order chi connectivity index (χ0) is 16.1. The first kappa shape index (κ1) is 16.9. The number of nitrogens with zero attached hydrogens (tertiary/aromatic N) is 3. The van der Waals surface area contributed by atoms with Crippen molar-refractivity contribution in [2.75, 3.05) is 32.9 Å². The van der Waals surface area contributed by atoms with Crippen molar-refractivity contribution in [2.45, 2.75) is 57.4 Å². The van der Waals surface area contributed by atoms with Crippen LogP contribution in [-0.4, -0.2) is 70.9 Å². The van der Waals surface area contributed by atoms with E-state index in [9.17, 15) is 5.11 Å². The molecule has 3 unspecified atom stereocenters. The molecule has 1 N–H and O–H groups in total. The molecule has 1 aromatic heterocycles. The van der Waals surface area contributed by atoms with E-state index in [1.54, 1.807) is 0 Å². The summed E-state index contributed by atoms with van der Waals surface area (Å²) in [5, 5.41) is 14.6. The van der Waals surface area contributed by atoms with Crippen molar-refractivity contribution in [3.05, 3.63) is 18.0 Å². The van der Waals surface area contributed by atoms with Gasteiger partial charge in [0.15, 0.2) is 0 Å². The largest absolute Gasteiger partial charge is 0.389 e. The van der Waals surface area contributed by atoms with Gasteiger partial charge in [-0.25, -0.2) is 0 Å². The average Bonchev–Trinajstić information content (AvgIpc) is 3.24. The second-order valence-corrected chi connectivity index (χ2v) is 6.86. The lowest BCUT2D eigenvalue weighted by molar-refractivity contribution is -0.0265. The Kier molecular flexibility index (Phi) is 6.05. The molecule has 3 heterocycles. The number of hydrogen-bond donors (Lipinski definition) is 1. The standard InChI is InChI=1S/C17H29N3O3/c1-14-8-18-20(9-14)10-15-4-2-6-19(15)11-16(21)12-22-13-17-5-3-7-23-17/h8-9,15-17,21H,2-7,10-13H2,1H3. The Hall–Kier alpha value is -0.950. The van der Waals surface area contributed by atoms with Crippen molar-refractivity contribution < 1.29 is 14.6 Å². The number of hydrogen-bond acceptors (Lipinski definition) is 5. The molecule has 0 spiro atoms. The molecule has 2 aliphatic heterocycles. The first-order chi connectivity index (χ1) is 11.2. The second kappa shape index (κ2) is 8.24. The van der Waals surface area contributed by atoms with Crippen LogP contribution in [0.25, 0.3) is 0 Å². The smallest absolute Gasteiger partial charge is 0.0900 e. The third-order valence-corrected chi connectivity index (χ3v) is 4.74. The van der Waals surface area contributed by atoms with Gasteiger partial charge in [-0.15, -0.1) is 0 Å². The Balaban J connectivity index is 1.38. The Morgan fingerprint density at radius 2 is 2.35 bits per heavy atom. The van der Waals surface area contributed by atoms with E-state index in [2.05, 4.69) is 23.1 Å². The van der Waals surface area contributed by atoms with Gasteiger partial charge in [0, 0.05) is 25.4 Å². The van der Waals surface area contributed by atoms with E-state index in [0.717, 1.165) is 32.5 Å². The fraction of sp³-hybridized carbons (Fsp3) is 0.824. The van der Waals surface area contributed by atoms with Crippen molar-refractivity contribution in [1.29, 1.82) is 0 Å². The molecule has 3 rings (SSSR count). The summed E-state index contributed by atoms with van der Waals surface area (Å²) in [4.78, 5) is 2.37. The van der Waals surface area contributed by atoms with E-state index >= 15 is 0 Å². The maximum atomic E-state index is 10.2. The van der Waals surface area contributed by atoms with E-state index in [4.69, 9.17) is 9.47 Å². The summed E-state index contributed by atoms with van der Waals surface area (Å²) in [5.74, 6) is 0. The molecule has 0 aromatic carbocycles. The minimum absolute atomic E-state index is 0.227. The Bertz CT molecular complexity index is 473. The predicted molar refractivity (Wildman–Crippen MR) is 87.4 cm³/mol. The zero-order valence-electron chi connectivity index (χ0n) is 14.1. The molecule has 23 heavy (non-hydrogen) atoms. The minimum Gasteiger partial charge on any atom is -0.389 e. The molecule has 0 radical (unpaired) electrons. The molecular formula is C17H29N3O3. The average molecular weight is 323 g/mol. The number of aliphatic hydroxyl groups is 1. The number of likely N-dealkylation sites (tertiary alicyclic amines) is 1. The normalized spacial score (nSPS) is 26.9. The number of ether oxygens (including phenoxy) is 2. The van der Waals surface area contributed by atoms with Crippen LogP contribution in [0.4, 0.5) is 0 Å². The van der Waals surface area contributed by atoms with Gasteiger partial charge >= 0.3 is 0 Å². The molecule has 0 aliphatic carbocycles.